The van der Waals surface area contributed by atoms with E-state index in [9.17, 15) is 0 Å². The molecule has 4 nitrogen and oxygen atoms in total. The maximum atomic E-state index is 8.49. The fourth-order valence-electron chi connectivity index (χ4n) is 3.50. The van der Waals surface area contributed by atoms with Gasteiger partial charge in [-0.15, -0.1) is 10.2 Å². The molecular formula is C24H20ClO4P. The topological polar surface area (TPSA) is 92.2 Å². The largest absolute Gasteiger partial charge is 0.222 e. The first-order valence-corrected chi connectivity index (χ1v) is 12.2. The lowest BCUT2D eigenvalue weighted by Gasteiger charge is -2.27. The van der Waals surface area contributed by atoms with Crippen LogP contribution in [0.3, 0.4) is 0 Å². The molecule has 0 spiro atoms. The highest BCUT2D eigenvalue weighted by Gasteiger charge is 2.47. The molecule has 4 rings (SSSR count). The molecule has 152 valence electrons. The minimum absolute atomic E-state index is 1.39. The molecule has 0 N–H and O–H groups in total. The Hall–Kier alpha value is -2.56. The molecule has 0 amide bonds. The summed E-state index contributed by atoms with van der Waals surface area (Å²) in [6.07, 6.45) is 0. The molecule has 0 saturated heterocycles. The van der Waals surface area contributed by atoms with Crippen molar-refractivity contribution >= 4 is 28.5 Å². The van der Waals surface area contributed by atoms with Gasteiger partial charge in [-0.3, -0.25) is 0 Å². The average molecular weight is 439 g/mol. The standard InChI is InChI=1S/C24H20P.ClHO4/c1-5-13-21(14-6-1)25(22-15-7-2-8-16-22,23-17-9-3-10-18-23)24-19-11-4-12-20-24;2-1(3,4)5/h1-20H;(H,2,3,4,5)/q+1;/p-1. The first-order chi connectivity index (χ1) is 14.4. The third kappa shape index (κ3) is 5.32. The SMILES string of the molecule is [O-][Cl+3]([O-])([O-])[O-].c1ccc([P+](c2ccccc2)(c2ccccc2)c2ccccc2)cc1. The molecule has 0 bridgehead atoms. The lowest BCUT2D eigenvalue weighted by molar-refractivity contribution is -2.00. The van der Waals surface area contributed by atoms with E-state index in [4.69, 9.17) is 18.6 Å². The molecule has 0 aliphatic carbocycles. The van der Waals surface area contributed by atoms with E-state index >= 15 is 0 Å². The van der Waals surface area contributed by atoms with Crippen LogP contribution in [0, 0.1) is 10.2 Å². The van der Waals surface area contributed by atoms with Gasteiger partial charge in [0, 0.05) is 0 Å². The molecule has 0 saturated carbocycles. The van der Waals surface area contributed by atoms with Gasteiger partial charge in [0.25, 0.3) is 0 Å². The molecule has 4 aromatic carbocycles. The third-order valence-corrected chi connectivity index (χ3v) is 8.86. The van der Waals surface area contributed by atoms with Crippen LogP contribution < -0.4 is 39.9 Å². The van der Waals surface area contributed by atoms with Crippen LogP contribution in [-0.4, -0.2) is 0 Å². The van der Waals surface area contributed by atoms with Crippen molar-refractivity contribution in [3.05, 3.63) is 121 Å². The van der Waals surface area contributed by atoms with Crippen molar-refractivity contribution in [1.29, 1.82) is 0 Å². The minimum atomic E-state index is -4.94. The zero-order valence-corrected chi connectivity index (χ0v) is 17.7. The molecule has 0 unspecified atom stereocenters. The van der Waals surface area contributed by atoms with Gasteiger partial charge in [0.05, 0.1) is 0 Å². The maximum Gasteiger partial charge on any atom is 0.144 e. The van der Waals surface area contributed by atoms with E-state index in [0.717, 1.165) is 0 Å². The Labute approximate surface area is 178 Å². The Morgan fingerprint density at radius 3 is 0.700 bits per heavy atom. The zero-order valence-electron chi connectivity index (χ0n) is 16.0. The third-order valence-electron chi connectivity index (χ3n) is 4.57. The summed E-state index contributed by atoms with van der Waals surface area (Å²) in [6, 6.07) is 43.8. The van der Waals surface area contributed by atoms with E-state index in [1.165, 1.54) is 21.2 Å². The number of hydrogen-bond donors (Lipinski definition) is 0. The molecule has 0 aliphatic rings. The predicted octanol–water partition coefficient (Wildman–Crippen LogP) is -0.450. The van der Waals surface area contributed by atoms with Crippen molar-refractivity contribution < 1.29 is 28.9 Å². The van der Waals surface area contributed by atoms with E-state index in [1.54, 1.807) is 0 Å². The first kappa shape index (κ1) is 22.1. The van der Waals surface area contributed by atoms with Crippen LogP contribution >= 0.6 is 7.26 Å². The molecule has 0 heterocycles. The normalized spacial score (nSPS) is 11.3. The van der Waals surface area contributed by atoms with Gasteiger partial charge < -0.3 is 0 Å². The lowest BCUT2D eigenvalue weighted by Crippen LogP contribution is -2.68. The molecule has 30 heavy (non-hydrogen) atoms. The number of benzene rings is 4. The second-order valence-electron chi connectivity index (χ2n) is 6.39. The van der Waals surface area contributed by atoms with Crippen LogP contribution in [-0.2, 0) is 0 Å². The fraction of sp³-hybridized carbons (Fsp3) is 0. The van der Waals surface area contributed by atoms with Gasteiger partial charge in [0.2, 0.25) is 0 Å². The summed E-state index contributed by atoms with van der Waals surface area (Å²) in [4.78, 5) is 0. The van der Waals surface area contributed by atoms with Crippen LogP contribution in [0.1, 0.15) is 0 Å². The van der Waals surface area contributed by atoms with Gasteiger partial charge in [0.15, 0.2) is 0 Å². The van der Waals surface area contributed by atoms with Crippen LogP contribution in [0.15, 0.2) is 121 Å². The van der Waals surface area contributed by atoms with Gasteiger partial charge >= 0.3 is 0 Å². The highest BCUT2D eigenvalue weighted by molar-refractivity contribution is 8.01. The lowest BCUT2D eigenvalue weighted by atomic mass is 10.3. The fourth-order valence-corrected chi connectivity index (χ4v) is 7.77. The summed E-state index contributed by atoms with van der Waals surface area (Å²) in [7, 11) is -6.85. The molecule has 0 aromatic heterocycles. The van der Waals surface area contributed by atoms with Gasteiger partial charge in [-0.25, -0.2) is 18.6 Å². The van der Waals surface area contributed by atoms with Crippen molar-refractivity contribution in [3.8, 4) is 0 Å². The van der Waals surface area contributed by atoms with E-state index in [0.29, 0.717) is 0 Å². The molecule has 0 aliphatic heterocycles. The highest BCUT2D eigenvalue weighted by Crippen LogP contribution is 2.53. The summed E-state index contributed by atoms with van der Waals surface area (Å²) in [5.74, 6) is 0. The van der Waals surface area contributed by atoms with Crippen molar-refractivity contribution in [1.82, 2.24) is 0 Å². The number of rotatable bonds is 4. The Morgan fingerprint density at radius 2 is 0.533 bits per heavy atom. The summed E-state index contributed by atoms with van der Waals surface area (Å²) >= 11 is 0. The zero-order chi connectivity index (χ0) is 21.5. The Balaban J connectivity index is 0.000000461. The average Bonchev–Trinajstić information content (AvgIpc) is 2.76. The maximum absolute atomic E-state index is 8.49. The molecule has 4 aromatic rings. The van der Waals surface area contributed by atoms with Crippen LogP contribution in [0.5, 0.6) is 0 Å². The van der Waals surface area contributed by atoms with Crippen molar-refractivity contribution in [2.45, 2.75) is 0 Å². The Kier molecular flexibility index (Phi) is 7.35. The van der Waals surface area contributed by atoms with Crippen molar-refractivity contribution in [2.75, 3.05) is 0 Å². The van der Waals surface area contributed by atoms with Crippen molar-refractivity contribution in [2.24, 2.45) is 0 Å². The smallest absolute Gasteiger partial charge is 0.144 e. The van der Waals surface area contributed by atoms with Crippen LogP contribution in [0.25, 0.3) is 0 Å². The van der Waals surface area contributed by atoms with E-state index in [1.807, 2.05) is 0 Å². The van der Waals surface area contributed by atoms with Gasteiger partial charge in [-0.2, -0.15) is 0 Å². The monoisotopic (exact) mass is 438 g/mol. The van der Waals surface area contributed by atoms with E-state index in [-0.39, 0.29) is 0 Å². The minimum Gasteiger partial charge on any atom is -0.222 e. The number of halogens is 1. The Bertz CT molecular complexity index is 855. The summed E-state index contributed by atoms with van der Waals surface area (Å²) in [5, 5.41) is 5.55. The highest BCUT2D eigenvalue weighted by atomic mass is 35.7. The van der Waals surface area contributed by atoms with Crippen LogP contribution in [0.4, 0.5) is 0 Å². The molecule has 0 atom stereocenters. The predicted molar refractivity (Wildman–Crippen MR) is 111 cm³/mol. The quantitative estimate of drug-likeness (QED) is 0.403. The van der Waals surface area contributed by atoms with Gasteiger partial charge in [-0.1, -0.05) is 72.8 Å². The van der Waals surface area contributed by atoms with Gasteiger partial charge in [-0.05, 0) is 48.5 Å². The molecule has 6 heteroatoms. The summed E-state index contributed by atoms with van der Waals surface area (Å²) in [5.41, 5.74) is 0. The van der Waals surface area contributed by atoms with Crippen molar-refractivity contribution in [3.63, 3.8) is 0 Å². The van der Waals surface area contributed by atoms with E-state index in [2.05, 4.69) is 121 Å². The number of hydrogen-bond acceptors (Lipinski definition) is 4. The molecule has 0 fully saturated rings. The van der Waals surface area contributed by atoms with E-state index < -0.39 is 17.5 Å². The first-order valence-electron chi connectivity index (χ1n) is 9.15. The molecule has 0 radical (unpaired) electrons. The van der Waals surface area contributed by atoms with Gasteiger partial charge in [0.1, 0.15) is 28.5 Å². The molecular weight excluding hydrogens is 419 g/mol. The Morgan fingerprint density at radius 1 is 0.367 bits per heavy atom. The van der Waals surface area contributed by atoms with Crippen LogP contribution in [0.2, 0.25) is 0 Å². The summed E-state index contributed by atoms with van der Waals surface area (Å²) in [6.45, 7) is 0. The summed E-state index contributed by atoms with van der Waals surface area (Å²) < 4.78 is 34.0. The second kappa shape index (κ2) is 9.96. The second-order valence-corrected chi connectivity index (χ2v) is 10.6.